The molecule has 188 valence electrons. The fourth-order valence-corrected chi connectivity index (χ4v) is 5.00. The summed E-state index contributed by atoms with van der Waals surface area (Å²) in [7, 11) is 1.59. The molecule has 0 aliphatic carbocycles. The van der Waals surface area contributed by atoms with E-state index in [9.17, 15) is 9.90 Å². The minimum atomic E-state index is -1.06. The summed E-state index contributed by atoms with van der Waals surface area (Å²) in [6.45, 7) is 5.79. The lowest BCUT2D eigenvalue weighted by atomic mass is 9.74. The van der Waals surface area contributed by atoms with E-state index in [1.54, 1.807) is 19.2 Å². The van der Waals surface area contributed by atoms with Gasteiger partial charge in [-0.1, -0.05) is 59.6 Å². The third kappa shape index (κ3) is 5.86. The molecule has 0 unspecified atom stereocenters. The van der Waals surface area contributed by atoms with E-state index in [0.29, 0.717) is 21.5 Å². The minimum absolute atomic E-state index is 0.0235. The second-order valence-electron chi connectivity index (χ2n) is 8.96. The van der Waals surface area contributed by atoms with E-state index >= 15 is 0 Å². The number of hydrogen-bond donors (Lipinski definition) is 1. The highest BCUT2D eigenvalue weighted by Crippen LogP contribution is 2.53. The van der Waals surface area contributed by atoms with E-state index in [1.807, 2.05) is 61.5 Å². The number of carboxylic acids is 1. The highest BCUT2D eigenvalue weighted by Gasteiger charge is 2.41. The quantitative estimate of drug-likeness (QED) is 0.305. The molecule has 7 heteroatoms. The van der Waals surface area contributed by atoms with Crippen LogP contribution < -0.4 is 9.47 Å². The van der Waals surface area contributed by atoms with Crippen molar-refractivity contribution in [1.82, 2.24) is 0 Å². The topological polar surface area (TPSA) is 65.0 Å². The Hall–Kier alpha value is -2.99. The molecule has 0 spiro atoms. The molecule has 3 aromatic rings. The number of ether oxygens (including phenoxy) is 3. The molecule has 36 heavy (non-hydrogen) atoms. The Morgan fingerprint density at radius 2 is 1.61 bits per heavy atom. The van der Waals surface area contributed by atoms with Crippen molar-refractivity contribution < 1.29 is 24.1 Å². The second kappa shape index (κ2) is 11.4. The van der Waals surface area contributed by atoms with Crippen molar-refractivity contribution in [3.8, 4) is 11.5 Å². The highest BCUT2D eigenvalue weighted by molar-refractivity contribution is 6.30. The van der Waals surface area contributed by atoms with Crippen LogP contribution in [-0.4, -0.2) is 24.8 Å². The van der Waals surface area contributed by atoms with Crippen molar-refractivity contribution in [2.45, 2.75) is 31.5 Å². The fraction of sp³-hybridized carbons (Fsp3) is 0.276. The molecular formula is C29H28Cl2O5. The SMILES string of the molecule is C=C(C)[C@H]1C[C@H](c2ccc(Cl)cc2)[C@H](c2ccc(Cl)cc2)O[C@@H]1c1cc(OC)ccc1OCC(=O)O. The van der Waals surface area contributed by atoms with E-state index in [0.717, 1.165) is 28.7 Å². The number of halogens is 2. The van der Waals surface area contributed by atoms with Crippen LogP contribution >= 0.6 is 23.2 Å². The summed E-state index contributed by atoms with van der Waals surface area (Å²) in [5.41, 5.74) is 3.77. The monoisotopic (exact) mass is 526 g/mol. The number of hydrogen-bond acceptors (Lipinski definition) is 4. The number of methoxy groups -OCH3 is 1. The van der Waals surface area contributed by atoms with Crippen LogP contribution in [0.1, 0.15) is 48.2 Å². The largest absolute Gasteiger partial charge is 0.497 e. The number of rotatable bonds is 8. The van der Waals surface area contributed by atoms with E-state index in [1.165, 1.54) is 0 Å². The van der Waals surface area contributed by atoms with E-state index in [2.05, 4.69) is 6.58 Å². The van der Waals surface area contributed by atoms with Gasteiger partial charge in [0.1, 0.15) is 11.5 Å². The number of aliphatic carboxylic acids is 1. The Bertz CT molecular complexity index is 1220. The zero-order chi connectivity index (χ0) is 25.8. The van der Waals surface area contributed by atoms with Crippen molar-refractivity contribution in [2.24, 2.45) is 5.92 Å². The fourth-order valence-electron chi connectivity index (χ4n) is 4.75. The van der Waals surface area contributed by atoms with Gasteiger partial charge in [0.25, 0.3) is 0 Å². The van der Waals surface area contributed by atoms with Crippen LogP contribution in [0.5, 0.6) is 11.5 Å². The molecule has 0 bridgehead atoms. The standard InChI is InChI=1S/C29H28Cl2O5/c1-17(2)23-15-24(18-4-8-20(30)9-5-18)28(19-6-10-21(31)11-7-19)36-29(23)25-14-22(34-3)12-13-26(25)35-16-27(32)33/h4-14,23-24,28-29H,1,15-16H2,2-3H3,(H,32,33)/t23-,24-,28+,29+/m1/s1. The summed E-state index contributed by atoms with van der Waals surface area (Å²) < 4.78 is 18.0. The Labute approximate surface area is 221 Å². The van der Waals surface area contributed by atoms with Gasteiger partial charge in [-0.25, -0.2) is 4.79 Å². The number of carboxylic acid groups (broad SMARTS) is 1. The molecule has 4 rings (SSSR count). The molecule has 0 saturated carbocycles. The molecule has 4 atom stereocenters. The Balaban J connectivity index is 1.81. The molecule has 5 nitrogen and oxygen atoms in total. The zero-order valence-electron chi connectivity index (χ0n) is 20.1. The lowest BCUT2D eigenvalue weighted by Crippen LogP contribution is -2.32. The Morgan fingerprint density at radius 3 is 2.17 bits per heavy atom. The van der Waals surface area contributed by atoms with E-state index in [-0.39, 0.29) is 17.9 Å². The summed E-state index contributed by atoms with van der Waals surface area (Å²) >= 11 is 12.4. The molecule has 1 heterocycles. The van der Waals surface area contributed by atoms with Crippen molar-refractivity contribution in [2.75, 3.05) is 13.7 Å². The van der Waals surface area contributed by atoms with Crippen LogP contribution in [0.4, 0.5) is 0 Å². The summed E-state index contributed by atoms with van der Waals surface area (Å²) in [6.07, 6.45) is 0.0121. The Kier molecular flexibility index (Phi) is 8.24. The smallest absolute Gasteiger partial charge is 0.341 e. The number of benzene rings is 3. The first-order valence-corrected chi connectivity index (χ1v) is 12.4. The molecule has 1 saturated heterocycles. The van der Waals surface area contributed by atoms with Crippen LogP contribution in [0.15, 0.2) is 78.9 Å². The van der Waals surface area contributed by atoms with Gasteiger partial charge in [0.15, 0.2) is 6.61 Å². The Morgan fingerprint density at radius 1 is 1.00 bits per heavy atom. The third-order valence-electron chi connectivity index (χ3n) is 6.54. The molecule has 1 N–H and O–H groups in total. The second-order valence-corrected chi connectivity index (χ2v) is 9.83. The lowest BCUT2D eigenvalue weighted by molar-refractivity contribution is -0.139. The van der Waals surface area contributed by atoms with Gasteiger partial charge < -0.3 is 19.3 Å². The van der Waals surface area contributed by atoms with Gasteiger partial charge in [0.05, 0.1) is 19.3 Å². The van der Waals surface area contributed by atoms with E-state index in [4.69, 9.17) is 37.4 Å². The summed E-state index contributed by atoms with van der Waals surface area (Å²) in [5, 5.41) is 10.5. The summed E-state index contributed by atoms with van der Waals surface area (Å²) in [6, 6.07) is 20.8. The summed E-state index contributed by atoms with van der Waals surface area (Å²) in [4.78, 5) is 11.2. The van der Waals surface area contributed by atoms with Crippen LogP contribution in [0.25, 0.3) is 0 Å². The average molecular weight is 527 g/mol. The maximum Gasteiger partial charge on any atom is 0.341 e. The van der Waals surface area contributed by atoms with Crippen LogP contribution in [0.3, 0.4) is 0 Å². The lowest BCUT2D eigenvalue weighted by Gasteiger charge is -2.43. The van der Waals surface area contributed by atoms with Gasteiger partial charge in [-0.3, -0.25) is 0 Å². The normalized spacial score (nSPS) is 21.6. The molecule has 0 amide bonds. The van der Waals surface area contributed by atoms with E-state index < -0.39 is 18.7 Å². The molecule has 3 aromatic carbocycles. The van der Waals surface area contributed by atoms with Gasteiger partial charge in [0, 0.05) is 27.4 Å². The van der Waals surface area contributed by atoms with Crippen molar-refractivity contribution in [3.05, 3.63) is 106 Å². The van der Waals surface area contributed by atoms with Gasteiger partial charge >= 0.3 is 5.97 Å². The van der Waals surface area contributed by atoms with Gasteiger partial charge in [-0.15, -0.1) is 0 Å². The average Bonchev–Trinajstić information content (AvgIpc) is 2.87. The predicted molar refractivity (Wildman–Crippen MR) is 141 cm³/mol. The molecule has 1 aliphatic rings. The van der Waals surface area contributed by atoms with Crippen LogP contribution in [0, 0.1) is 5.92 Å². The third-order valence-corrected chi connectivity index (χ3v) is 7.04. The van der Waals surface area contributed by atoms with Crippen molar-refractivity contribution in [3.63, 3.8) is 0 Å². The first kappa shape index (κ1) is 26.1. The predicted octanol–water partition coefficient (Wildman–Crippen LogP) is 7.64. The molecular weight excluding hydrogens is 499 g/mol. The van der Waals surface area contributed by atoms with Gasteiger partial charge in [-0.2, -0.15) is 0 Å². The number of carbonyl (C=O) groups is 1. The zero-order valence-corrected chi connectivity index (χ0v) is 21.6. The van der Waals surface area contributed by atoms with Crippen LogP contribution in [-0.2, 0) is 9.53 Å². The highest BCUT2D eigenvalue weighted by atomic mass is 35.5. The van der Waals surface area contributed by atoms with Gasteiger partial charge in [-0.05, 0) is 66.9 Å². The van der Waals surface area contributed by atoms with Crippen molar-refractivity contribution >= 4 is 29.2 Å². The molecule has 1 aliphatic heterocycles. The molecule has 0 radical (unpaired) electrons. The maximum absolute atomic E-state index is 11.2. The maximum atomic E-state index is 11.2. The first-order valence-electron chi connectivity index (χ1n) is 11.6. The first-order chi connectivity index (χ1) is 17.3. The van der Waals surface area contributed by atoms with Gasteiger partial charge in [0.2, 0.25) is 0 Å². The minimum Gasteiger partial charge on any atom is -0.497 e. The molecule has 1 fully saturated rings. The summed E-state index contributed by atoms with van der Waals surface area (Å²) in [5.74, 6) is -0.0302. The van der Waals surface area contributed by atoms with Crippen LogP contribution in [0.2, 0.25) is 10.0 Å². The van der Waals surface area contributed by atoms with Crippen molar-refractivity contribution in [1.29, 1.82) is 0 Å². The molecule has 0 aromatic heterocycles.